The Morgan fingerprint density at radius 2 is 1.66 bits per heavy atom. The molecule has 0 aliphatic heterocycles. The first-order valence-corrected chi connectivity index (χ1v) is 13.9. The van der Waals surface area contributed by atoms with Gasteiger partial charge in [-0.15, -0.1) is 0 Å². The van der Waals surface area contributed by atoms with Crippen LogP contribution in [0.4, 0.5) is 11.4 Å². The predicted octanol–water partition coefficient (Wildman–Crippen LogP) is 4.60. The van der Waals surface area contributed by atoms with Crippen molar-refractivity contribution in [1.29, 1.82) is 5.41 Å². The van der Waals surface area contributed by atoms with Crippen molar-refractivity contribution in [3.05, 3.63) is 124 Å². The Kier molecular flexibility index (Phi) is 9.17. The molecule has 41 heavy (non-hydrogen) atoms. The Labute approximate surface area is 237 Å². The molecule has 0 aliphatic rings. The maximum absolute atomic E-state index is 13.3. The van der Waals surface area contributed by atoms with Crippen molar-refractivity contribution < 1.29 is 22.8 Å². The van der Waals surface area contributed by atoms with E-state index in [1.807, 2.05) is 30.3 Å². The van der Waals surface area contributed by atoms with Crippen molar-refractivity contribution in [2.75, 3.05) is 19.0 Å². The van der Waals surface area contributed by atoms with E-state index in [1.54, 1.807) is 42.5 Å². The van der Waals surface area contributed by atoms with Gasteiger partial charge in [0.25, 0.3) is 5.69 Å². The maximum atomic E-state index is 13.3. The van der Waals surface area contributed by atoms with Crippen LogP contribution in [0.3, 0.4) is 0 Å². The fourth-order valence-electron chi connectivity index (χ4n) is 3.97. The molecule has 12 heteroatoms. The zero-order chi connectivity index (χ0) is 29.4. The zero-order valence-electron chi connectivity index (χ0n) is 22.1. The summed E-state index contributed by atoms with van der Waals surface area (Å²) >= 11 is 0. The summed E-state index contributed by atoms with van der Waals surface area (Å²) in [6, 6.07) is 25.5. The number of methoxy groups -OCH3 is 1. The van der Waals surface area contributed by atoms with Gasteiger partial charge in [0.2, 0.25) is 10.0 Å². The minimum atomic E-state index is -4.08. The number of rotatable bonds is 13. The van der Waals surface area contributed by atoms with Crippen molar-refractivity contribution in [3.8, 4) is 11.5 Å². The van der Waals surface area contributed by atoms with Crippen LogP contribution in [0, 0.1) is 15.5 Å². The third-order valence-electron chi connectivity index (χ3n) is 6.19. The largest absolute Gasteiger partial charge is 0.493 e. The van der Waals surface area contributed by atoms with Gasteiger partial charge in [-0.3, -0.25) is 15.5 Å². The molecule has 0 saturated heterocycles. The molecule has 0 aromatic heterocycles. The third kappa shape index (κ3) is 7.59. The van der Waals surface area contributed by atoms with Gasteiger partial charge in [-0.2, -0.15) is 0 Å². The fraction of sp³-hybridized carbons (Fsp3) is 0.138. The quantitative estimate of drug-likeness (QED) is 0.0776. The van der Waals surface area contributed by atoms with E-state index in [9.17, 15) is 18.5 Å². The van der Waals surface area contributed by atoms with Crippen LogP contribution in [0.5, 0.6) is 11.5 Å². The highest BCUT2D eigenvalue weighted by Crippen LogP contribution is 2.32. The predicted molar refractivity (Wildman–Crippen MR) is 156 cm³/mol. The van der Waals surface area contributed by atoms with Gasteiger partial charge >= 0.3 is 0 Å². The van der Waals surface area contributed by atoms with Crippen LogP contribution in [-0.2, 0) is 16.6 Å². The van der Waals surface area contributed by atoms with E-state index in [4.69, 9.17) is 20.6 Å². The molecule has 0 spiro atoms. The van der Waals surface area contributed by atoms with Crippen LogP contribution in [0.2, 0.25) is 0 Å². The molecule has 4 rings (SSSR count). The molecular formula is C29H29N5O6S. The molecule has 212 valence electrons. The van der Waals surface area contributed by atoms with Gasteiger partial charge in [-0.1, -0.05) is 36.4 Å². The van der Waals surface area contributed by atoms with Crippen LogP contribution in [-0.4, -0.2) is 32.8 Å². The van der Waals surface area contributed by atoms with E-state index in [-0.39, 0.29) is 23.0 Å². The van der Waals surface area contributed by atoms with Crippen LogP contribution >= 0.6 is 0 Å². The molecule has 0 amide bonds. The van der Waals surface area contributed by atoms with Crippen LogP contribution < -0.4 is 25.2 Å². The number of nitrogen functional groups attached to an aromatic ring is 1. The molecular weight excluding hydrogens is 546 g/mol. The number of non-ortho nitro benzene ring substituents is 1. The number of nitrogens with one attached hydrogen (secondary N) is 3. The Hall–Kier alpha value is -4.94. The molecule has 1 unspecified atom stereocenters. The number of hydrogen-bond acceptors (Lipinski definition) is 8. The maximum Gasteiger partial charge on any atom is 0.269 e. The van der Waals surface area contributed by atoms with Crippen LogP contribution in [0.15, 0.2) is 102 Å². The van der Waals surface area contributed by atoms with Crippen molar-refractivity contribution in [3.63, 3.8) is 0 Å². The molecule has 0 bridgehead atoms. The summed E-state index contributed by atoms with van der Waals surface area (Å²) in [7, 11) is -2.58. The first-order valence-electron chi connectivity index (χ1n) is 12.5. The van der Waals surface area contributed by atoms with Gasteiger partial charge in [-0.25, -0.2) is 13.1 Å². The Morgan fingerprint density at radius 1 is 0.976 bits per heavy atom. The number of benzene rings is 4. The van der Waals surface area contributed by atoms with Gasteiger partial charge in [-0.05, 0) is 59.7 Å². The normalized spacial score (nSPS) is 11.8. The van der Waals surface area contributed by atoms with E-state index in [0.717, 1.165) is 17.7 Å². The van der Waals surface area contributed by atoms with Crippen molar-refractivity contribution >= 4 is 27.2 Å². The highest BCUT2D eigenvalue weighted by molar-refractivity contribution is 7.89. The average Bonchev–Trinajstić information content (AvgIpc) is 2.98. The summed E-state index contributed by atoms with van der Waals surface area (Å²) in [5.41, 5.74) is 8.13. The topological polar surface area (TPSA) is 170 Å². The van der Waals surface area contributed by atoms with Gasteiger partial charge in [0, 0.05) is 29.9 Å². The number of anilines is 1. The number of nitrogens with zero attached hydrogens (tertiary/aromatic N) is 1. The monoisotopic (exact) mass is 575 g/mol. The summed E-state index contributed by atoms with van der Waals surface area (Å²) in [6.45, 7) is 0.462. The molecule has 5 N–H and O–H groups in total. The lowest BCUT2D eigenvalue weighted by atomic mass is 10.1. The lowest BCUT2D eigenvalue weighted by molar-refractivity contribution is -0.384. The smallest absolute Gasteiger partial charge is 0.269 e. The van der Waals surface area contributed by atoms with Gasteiger partial charge in [0.1, 0.15) is 12.4 Å². The summed E-state index contributed by atoms with van der Waals surface area (Å²) in [5.74, 6) is 0.848. The highest BCUT2D eigenvalue weighted by Gasteiger charge is 2.23. The SMILES string of the molecule is COc1cc(C(CNc2ccc(C(=N)N)cc2)NS(=O)(=O)c2ccc([N+](=O)[O-])cc2)ccc1OCc1ccccc1. The highest BCUT2D eigenvalue weighted by atomic mass is 32.2. The first-order chi connectivity index (χ1) is 19.7. The van der Waals surface area contributed by atoms with Gasteiger partial charge in [0.05, 0.1) is 23.0 Å². The molecule has 1 atom stereocenters. The summed E-state index contributed by atoms with van der Waals surface area (Å²) < 4.78 is 40.8. The molecule has 0 heterocycles. The second kappa shape index (κ2) is 12.9. The molecule has 0 radical (unpaired) electrons. The number of sulfonamides is 1. The zero-order valence-corrected chi connectivity index (χ0v) is 22.9. The first kappa shape index (κ1) is 29.1. The Morgan fingerprint density at radius 3 is 2.27 bits per heavy atom. The summed E-state index contributed by atoms with van der Waals surface area (Å²) in [4.78, 5) is 10.3. The number of nitro groups is 1. The molecule has 0 saturated carbocycles. The molecule has 0 fully saturated rings. The average molecular weight is 576 g/mol. The second-order valence-electron chi connectivity index (χ2n) is 8.98. The van der Waals surface area contributed by atoms with Crippen LogP contribution in [0.25, 0.3) is 0 Å². The number of nitro benzene ring substituents is 1. The third-order valence-corrected chi connectivity index (χ3v) is 7.68. The minimum absolute atomic E-state index is 0.0630. The second-order valence-corrected chi connectivity index (χ2v) is 10.7. The van der Waals surface area contributed by atoms with E-state index < -0.39 is 21.0 Å². The molecule has 0 aliphatic carbocycles. The number of amidine groups is 1. The van der Waals surface area contributed by atoms with E-state index >= 15 is 0 Å². The van der Waals surface area contributed by atoms with Crippen molar-refractivity contribution in [1.82, 2.24) is 4.72 Å². The van der Waals surface area contributed by atoms with Crippen molar-refractivity contribution in [2.24, 2.45) is 5.73 Å². The number of nitrogens with two attached hydrogens (primary N) is 1. The molecule has 4 aromatic rings. The Bertz CT molecular complexity index is 1610. The molecule has 4 aromatic carbocycles. The van der Waals surface area contributed by atoms with E-state index in [1.165, 1.54) is 19.2 Å². The lowest BCUT2D eigenvalue weighted by Crippen LogP contribution is -2.33. The minimum Gasteiger partial charge on any atom is -0.493 e. The molecule has 11 nitrogen and oxygen atoms in total. The van der Waals surface area contributed by atoms with Crippen molar-refractivity contribution in [2.45, 2.75) is 17.5 Å². The standard InChI is InChI=1S/C29H29N5O6S/c1-39-28-17-22(9-16-27(28)40-19-20-5-3-2-4-6-20)26(18-32-23-10-7-21(8-11-23)29(30)31)33-41(37,38)25-14-12-24(13-15-25)34(35)36/h2-17,26,32-33H,18-19H2,1H3,(H3,30,31). The van der Waals surface area contributed by atoms with Gasteiger partial charge < -0.3 is 20.5 Å². The fourth-order valence-corrected chi connectivity index (χ4v) is 5.20. The van der Waals surface area contributed by atoms with Gasteiger partial charge in [0.15, 0.2) is 11.5 Å². The van der Waals surface area contributed by atoms with E-state index in [2.05, 4.69) is 10.0 Å². The van der Waals surface area contributed by atoms with E-state index in [0.29, 0.717) is 34.9 Å². The number of ether oxygens (including phenoxy) is 2. The Balaban J connectivity index is 1.60. The summed E-state index contributed by atoms with van der Waals surface area (Å²) in [6.07, 6.45) is 0. The summed E-state index contributed by atoms with van der Waals surface area (Å²) in [5, 5.41) is 21.8. The number of hydrogen-bond donors (Lipinski definition) is 4. The van der Waals surface area contributed by atoms with Crippen LogP contribution in [0.1, 0.15) is 22.7 Å². The lowest BCUT2D eigenvalue weighted by Gasteiger charge is -2.22.